The van der Waals surface area contributed by atoms with Crippen LogP contribution in [0.3, 0.4) is 0 Å². The van der Waals surface area contributed by atoms with E-state index in [9.17, 15) is 0 Å². The van der Waals surface area contributed by atoms with E-state index in [1.807, 2.05) is 49.4 Å². The molecule has 0 saturated heterocycles. The molecule has 0 aliphatic rings. The van der Waals surface area contributed by atoms with Gasteiger partial charge in [0.1, 0.15) is 12.4 Å². The smallest absolute Gasteiger partial charge is 0.191 e. The molecule has 0 saturated carbocycles. The topological polar surface area (TPSA) is 45.7 Å². The zero-order chi connectivity index (χ0) is 17.0. The zero-order valence-corrected chi connectivity index (χ0v) is 14.2. The second kappa shape index (κ2) is 10.1. The summed E-state index contributed by atoms with van der Waals surface area (Å²) in [7, 11) is 0. The second-order valence-corrected chi connectivity index (χ2v) is 5.29. The molecule has 0 atom stereocenters. The average molecular weight is 323 g/mol. The van der Waals surface area contributed by atoms with Crippen LogP contribution in [0.5, 0.6) is 5.75 Å². The first-order chi connectivity index (χ1) is 11.8. The quantitative estimate of drug-likeness (QED) is 0.444. The number of hydrogen-bond acceptors (Lipinski definition) is 2. The molecule has 0 radical (unpaired) electrons. The highest BCUT2D eigenvalue weighted by Crippen LogP contribution is 2.13. The van der Waals surface area contributed by atoms with Crippen molar-refractivity contribution in [2.45, 2.75) is 20.1 Å². The SMILES string of the molecule is C=CCNC(=NCc1cccc(COc2ccccc2)c1)NCC. The number of rotatable bonds is 8. The predicted octanol–water partition coefficient (Wildman–Crippen LogP) is 3.51. The lowest BCUT2D eigenvalue weighted by molar-refractivity contribution is 0.306. The van der Waals surface area contributed by atoms with E-state index in [-0.39, 0.29) is 0 Å². The Morgan fingerprint density at radius 3 is 2.62 bits per heavy atom. The van der Waals surface area contributed by atoms with Gasteiger partial charge in [-0.2, -0.15) is 0 Å². The predicted molar refractivity (Wildman–Crippen MR) is 100 cm³/mol. The molecule has 24 heavy (non-hydrogen) atoms. The molecule has 0 unspecified atom stereocenters. The van der Waals surface area contributed by atoms with Crippen LogP contribution in [0.1, 0.15) is 18.1 Å². The summed E-state index contributed by atoms with van der Waals surface area (Å²) in [6.45, 7) is 8.44. The maximum absolute atomic E-state index is 5.79. The van der Waals surface area contributed by atoms with Crippen molar-refractivity contribution in [1.29, 1.82) is 0 Å². The Balaban J connectivity index is 1.94. The molecular weight excluding hydrogens is 298 g/mol. The van der Waals surface area contributed by atoms with E-state index in [1.165, 1.54) is 0 Å². The number of aliphatic imine (C=N–C) groups is 1. The molecule has 0 aliphatic carbocycles. The molecule has 2 aromatic rings. The molecule has 0 aliphatic heterocycles. The normalized spacial score (nSPS) is 11.0. The lowest BCUT2D eigenvalue weighted by Crippen LogP contribution is -2.37. The number of ether oxygens (including phenoxy) is 1. The summed E-state index contributed by atoms with van der Waals surface area (Å²) in [6.07, 6.45) is 1.81. The summed E-state index contributed by atoms with van der Waals surface area (Å²) in [6, 6.07) is 18.2. The molecule has 2 rings (SSSR count). The number of benzene rings is 2. The highest BCUT2D eigenvalue weighted by Gasteiger charge is 1.99. The van der Waals surface area contributed by atoms with Gasteiger partial charge in [-0.05, 0) is 30.2 Å². The first-order valence-corrected chi connectivity index (χ1v) is 8.20. The Morgan fingerprint density at radius 2 is 1.88 bits per heavy atom. The van der Waals surface area contributed by atoms with Crippen molar-refractivity contribution in [2.24, 2.45) is 4.99 Å². The van der Waals surface area contributed by atoms with Gasteiger partial charge in [0.15, 0.2) is 5.96 Å². The minimum absolute atomic E-state index is 0.552. The fraction of sp³-hybridized carbons (Fsp3) is 0.250. The first-order valence-electron chi connectivity index (χ1n) is 8.20. The van der Waals surface area contributed by atoms with E-state index in [0.29, 0.717) is 19.7 Å². The van der Waals surface area contributed by atoms with Crippen molar-refractivity contribution in [3.05, 3.63) is 78.4 Å². The maximum atomic E-state index is 5.79. The number of para-hydroxylation sites is 1. The van der Waals surface area contributed by atoms with Gasteiger partial charge in [0, 0.05) is 13.1 Å². The van der Waals surface area contributed by atoms with E-state index in [0.717, 1.165) is 29.4 Å². The van der Waals surface area contributed by atoms with Gasteiger partial charge in [0.25, 0.3) is 0 Å². The standard InChI is InChI=1S/C20H25N3O/c1-3-13-22-20(21-4-2)23-15-17-9-8-10-18(14-17)16-24-19-11-6-5-7-12-19/h3,5-12,14H,1,4,13,15-16H2,2H3,(H2,21,22,23). The van der Waals surface area contributed by atoms with E-state index >= 15 is 0 Å². The van der Waals surface area contributed by atoms with E-state index < -0.39 is 0 Å². The van der Waals surface area contributed by atoms with Crippen molar-refractivity contribution >= 4 is 5.96 Å². The van der Waals surface area contributed by atoms with Crippen LogP contribution in [0.4, 0.5) is 0 Å². The van der Waals surface area contributed by atoms with Gasteiger partial charge in [0.2, 0.25) is 0 Å². The molecule has 4 nitrogen and oxygen atoms in total. The summed E-state index contributed by atoms with van der Waals surface area (Å²) >= 11 is 0. The number of nitrogens with one attached hydrogen (secondary N) is 2. The van der Waals surface area contributed by atoms with Gasteiger partial charge in [-0.15, -0.1) is 6.58 Å². The molecule has 0 bridgehead atoms. The maximum Gasteiger partial charge on any atom is 0.191 e. The highest BCUT2D eigenvalue weighted by molar-refractivity contribution is 5.79. The van der Waals surface area contributed by atoms with Crippen LogP contribution in [0.25, 0.3) is 0 Å². The van der Waals surface area contributed by atoms with Gasteiger partial charge in [0.05, 0.1) is 6.54 Å². The summed E-state index contributed by atoms with van der Waals surface area (Å²) in [4.78, 5) is 4.59. The minimum atomic E-state index is 0.552. The highest BCUT2D eigenvalue weighted by atomic mass is 16.5. The molecule has 126 valence electrons. The van der Waals surface area contributed by atoms with Crippen LogP contribution >= 0.6 is 0 Å². The van der Waals surface area contributed by atoms with Crippen molar-refractivity contribution in [3.63, 3.8) is 0 Å². The first kappa shape index (κ1) is 17.6. The number of guanidine groups is 1. The lowest BCUT2D eigenvalue weighted by Gasteiger charge is -2.10. The molecule has 4 heteroatoms. The van der Waals surface area contributed by atoms with Gasteiger partial charge in [-0.25, -0.2) is 4.99 Å². The molecule has 0 fully saturated rings. The van der Waals surface area contributed by atoms with E-state index in [2.05, 4.69) is 40.4 Å². The average Bonchev–Trinajstić information content (AvgIpc) is 2.63. The van der Waals surface area contributed by atoms with Gasteiger partial charge < -0.3 is 15.4 Å². The summed E-state index contributed by atoms with van der Waals surface area (Å²) in [5.41, 5.74) is 2.29. The van der Waals surface area contributed by atoms with Crippen molar-refractivity contribution in [3.8, 4) is 5.75 Å². The lowest BCUT2D eigenvalue weighted by atomic mass is 10.1. The van der Waals surface area contributed by atoms with Crippen LogP contribution in [-0.2, 0) is 13.2 Å². The third kappa shape index (κ3) is 6.16. The van der Waals surface area contributed by atoms with Gasteiger partial charge in [-0.1, -0.05) is 48.5 Å². The molecule has 0 aromatic heterocycles. The molecule has 0 amide bonds. The molecular formula is C20H25N3O. The minimum Gasteiger partial charge on any atom is -0.489 e. The van der Waals surface area contributed by atoms with Crippen molar-refractivity contribution in [1.82, 2.24) is 10.6 Å². The van der Waals surface area contributed by atoms with Crippen LogP contribution in [0.15, 0.2) is 72.2 Å². The van der Waals surface area contributed by atoms with E-state index in [1.54, 1.807) is 0 Å². The fourth-order valence-electron chi connectivity index (χ4n) is 2.18. The fourth-order valence-corrected chi connectivity index (χ4v) is 2.18. The number of nitrogens with zero attached hydrogens (tertiary/aromatic N) is 1. The Labute approximate surface area is 144 Å². The third-order valence-electron chi connectivity index (χ3n) is 3.32. The summed E-state index contributed by atoms with van der Waals surface area (Å²) in [5.74, 6) is 1.67. The summed E-state index contributed by atoms with van der Waals surface area (Å²) < 4.78 is 5.79. The third-order valence-corrected chi connectivity index (χ3v) is 3.32. The van der Waals surface area contributed by atoms with Crippen molar-refractivity contribution < 1.29 is 4.74 Å². The largest absolute Gasteiger partial charge is 0.489 e. The second-order valence-electron chi connectivity index (χ2n) is 5.29. The monoisotopic (exact) mass is 323 g/mol. The van der Waals surface area contributed by atoms with Gasteiger partial charge in [-0.3, -0.25) is 0 Å². The van der Waals surface area contributed by atoms with Crippen molar-refractivity contribution in [2.75, 3.05) is 13.1 Å². The zero-order valence-electron chi connectivity index (χ0n) is 14.2. The Bertz CT molecular complexity index is 653. The van der Waals surface area contributed by atoms with Crippen LogP contribution < -0.4 is 15.4 Å². The Hall–Kier alpha value is -2.75. The Kier molecular flexibility index (Phi) is 7.41. The van der Waals surface area contributed by atoms with E-state index in [4.69, 9.17) is 4.74 Å². The Morgan fingerprint density at radius 1 is 1.08 bits per heavy atom. The number of hydrogen-bond donors (Lipinski definition) is 2. The van der Waals surface area contributed by atoms with Gasteiger partial charge >= 0.3 is 0 Å². The van der Waals surface area contributed by atoms with Crippen LogP contribution in [-0.4, -0.2) is 19.0 Å². The molecule has 2 aromatic carbocycles. The van der Waals surface area contributed by atoms with Crippen LogP contribution in [0, 0.1) is 0 Å². The molecule has 0 heterocycles. The molecule has 0 spiro atoms. The molecule has 2 N–H and O–H groups in total. The van der Waals surface area contributed by atoms with Crippen LogP contribution in [0.2, 0.25) is 0 Å². The summed E-state index contributed by atoms with van der Waals surface area (Å²) in [5, 5.41) is 6.41.